The number of hydrogen-bond acceptors (Lipinski definition) is 10. The van der Waals surface area contributed by atoms with Crippen molar-refractivity contribution in [3.05, 3.63) is 24.3 Å². The van der Waals surface area contributed by atoms with E-state index in [4.69, 9.17) is 17.5 Å². The Bertz CT molecular complexity index is 821. The molecule has 13 heteroatoms. The molecule has 11 nitrogen and oxygen atoms in total. The minimum absolute atomic E-state index is 0.0545. The van der Waals surface area contributed by atoms with Crippen LogP contribution in [0.5, 0.6) is 0 Å². The van der Waals surface area contributed by atoms with E-state index in [1.54, 1.807) is 6.92 Å². The Morgan fingerprint density at radius 1 is 0.882 bits per heavy atom. The molecular weight excluding hydrogens is 472 g/mol. The van der Waals surface area contributed by atoms with Crippen molar-refractivity contribution in [2.24, 2.45) is 0 Å². The molecule has 1 aromatic rings. The van der Waals surface area contributed by atoms with E-state index in [1.807, 2.05) is 24.3 Å². The van der Waals surface area contributed by atoms with Crippen molar-refractivity contribution in [3.8, 4) is 5.40 Å². The highest BCUT2D eigenvalue weighted by Crippen LogP contribution is 2.19. The molecule has 1 aromatic carbocycles. The number of rotatable bonds is 4. The first-order valence-corrected chi connectivity index (χ1v) is 12.5. The van der Waals surface area contributed by atoms with Crippen molar-refractivity contribution in [1.29, 1.82) is 5.26 Å². The largest absolute Gasteiger partial charge is 0.353 e. The maximum Gasteiger partial charge on any atom is 0.217 e. The Morgan fingerprint density at radius 2 is 1.32 bits per heavy atom. The van der Waals surface area contributed by atoms with Crippen LogP contribution in [-0.2, 0) is 4.79 Å². The zero-order valence-electron chi connectivity index (χ0n) is 19.3. The monoisotopic (exact) mass is 506 g/mol. The summed E-state index contributed by atoms with van der Waals surface area (Å²) in [6, 6.07) is 7.58. The molecule has 3 saturated heterocycles. The second kappa shape index (κ2) is 13.2. The molecule has 186 valence electrons. The van der Waals surface area contributed by atoms with Crippen LogP contribution in [-0.4, -0.2) is 81.4 Å². The third kappa shape index (κ3) is 8.33. The summed E-state index contributed by atoms with van der Waals surface area (Å²) in [7, 11) is 0. The molecule has 2 bridgehead atoms. The second-order valence-corrected chi connectivity index (χ2v) is 9.90. The molecule has 3 heterocycles. The van der Waals surface area contributed by atoms with E-state index in [0.717, 1.165) is 22.3 Å². The number of carbonyl (C=O) groups is 1. The van der Waals surface area contributed by atoms with Gasteiger partial charge in [0.25, 0.3) is 0 Å². The molecule has 34 heavy (non-hydrogen) atoms. The first-order valence-electron chi connectivity index (χ1n) is 11.2. The van der Waals surface area contributed by atoms with Crippen molar-refractivity contribution in [2.45, 2.75) is 22.9 Å². The maximum atomic E-state index is 11.9. The summed E-state index contributed by atoms with van der Waals surface area (Å²) < 4.78 is 0. The maximum absolute atomic E-state index is 11.9. The first-order chi connectivity index (χ1) is 16.4. The molecule has 0 aromatic heterocycles. The Morgan fingerprint density at radius 3 is 1.74 bits per heavy atom. The molecule has 3 aliphatic rings. The molecule has 0 spiro atoms. The molecule has 0 atom stereocenters. The van der Waals surface area contributed by atoms with Gasteiger partial charge in [-0.1, -0.05) is 0 Å². The van der Waals surface area contributed by atoms with Crippen LogP contribution in [0, 0.1) is 10.7 Å². The van der Waals surface area contributed by atoms with Crippen molar-refractivity contribution in [3.63, 3.8) is 0 Å². The van der Waals surface area contributed by atoms with Crippen LogP contribution in [0.2, 0.25) is 0 Å². The lowest BCUT2D eigenvalue weighted by molar-refractivity contribution is -0.120. The molecule has 3 fully saturated rings. The van der Waals surface area contributed by atoms with Crippen LogP contribution in [0.1, 0.15) is 6.92 Å². The summed E-state index contributed by atoms with van der Waals surface area (Å²) in [4.78, 5) is 12.8. The summed E-state index contributed by atoms with van der Waals surface area (Å²) in [5.41, 5.74) is 0.00152. The van der Waals surface area contributed by atoms with Gasteiger partial charge in [-0.25, -0.2) is 0 Å². The number of thiocarbonyl (C=S) groups is 1. The number of thiocyanates is 1. The van der Waals surface area contributed by atoms with Crippen molar-refractivity contribution in [2.75, 3.05) is 64.6 Å². The van der Waals surface area contributed by atoms with Gasteiger partial charge in [-0.15, -0.1) is 0 Å². The summed E-state index contributed by atoms with van der Waals surface area (Å²) >= 11 is 6.78. The van der Waals surface area contributed by atoms with E-state index in [9.17, 15) is 4.79 Å². The van der Waals surface area contributed by atoms with Gasteiger partial charge in [-0.3, -0.25) is 4.79 Å². The Labute approximate surface area is 210 Å². The smallest absolute Gasteiger partial charge is 0.217 e. The minimum Gasteiger partial charge on any atom is -0.353 e. The summed E-state index contributed by atoms with van der Waals surface area (Å²) in [6.45, 7) is 7.08. The van der Waals surface area contributed by atoms with Gasteiger partial charge in [0.15, 0.2) is 5.11 Å². The van der Waals surface area contributed by atoms with E-state index in [2.05, 4.69) is 53.3 Å². The Kier molecular flexibility index (Phi) is 10.3. The SMILES string of the molecule is CC(=O)NC12CNCNCC(NC(=S)Nc3ccc(SC#N)cc3)(CNCNC1)CNCNC2. The van der Waals surface area contributed by atoms with E-state index in [-0.39, 0.29) is 5.91 Å². The Hall–Kier alpha value is -2.02. The molecule has 0 radical (unpaired) electrons. The average molecular weight is 507 g/mol. The summed E-state index contributed by atoms with van der Waals surface area (Å²) in [5, 5.41) is 42.0. The number of carbonyl (C=O) groups excluding carboxylic acids is 1. The van der Waals surface area contributed by atoms with Gasteiger partial charge in [0.1, 0.15) is 5.40 Å². The van der Waals surface area contributed by atoms with Gasteiger partial charge < -0.3 is 47.9 Å². The normalized spacial score (nSPS) is 26.4. The zero-order valence-corrected chi connectivity index (χ0v) is 21.0. The fourth-order valence-electron chi connectivity index (χ4n) is 4.15. The number of benzene rings is 1. The lowest BCUT2D eigenvalue weighted by atomic mass is 9.97. The standard InChI is InChI=1S/C21H34N10OS2/c1-16(32)30-20-6-23-13-26-9-21(10-27-14-24-7-20,11-28-15-25-8-20)31-19(33)29-17-2-4-18(5-3-17)34-12-22/h2-5,23-28H,6-11,13-15H2,1H3,(H,30,32)(H2,29,31,33). The highest BCUT2D eigenvalue weighted by Gasteiger charge is 2.34. The van der Waals surface area contributed by atoms with Gasteiger partial charge in [0.2, 0.25) is 5.91 Å². The number of nitrogens with zero attached hydrogens (tertiary/aromatic N) is 1. The molecule has 0 aliphatic carbocycles. The summed E-state index contributed by atoms with van der Waals surface area (Å²) in [6.07, 6.45) is 0. The minimum atomic E-state index is -0.447. The van der Waals surface area contributed by atoms with Gasteiger partial charge in [0.05, 0.1) is 11.1 Å². The van der Waals surface area contributed by atoms with Crippen LogP contribution in [0.4, 0.5) is 5.69 Å². The van der Waals surface area contributed by atoms with Crippen molar-refractivity contribution >= 4 is 40.7 Å². The highest BCUT2D eigenvalue weighted by molar-refractivity contribution is 8.03. The average Bonchev–Trinajstić information content (AvgIpc) is 2.77. The molecule has 1 amide bonds. The molecule has 4 rings (SSSR count). The topological polar surface area (TPSA) is 149 Å². The van der Waals surface area contributed by atoms with Crippen LogP contribution in [0.15, 0.2) is 29.2 Å². The van der Waals surface area contributed by atoms with Crippen LogP contribution >= 0.6 is 24.0 Å². The van der Waals surface area contributed by atoms with E-state index in [1.165, 1.54) is 0 Å². The number of hydrogen-bond donors (Lipinski definition) is 9. The molecule has 0 unspecified atom stereocenters. The molecule has 3 aliphatic heterocycles. The van der Waals surface area contributed by atoms with Crippen LogP contribution in [0.25, 0.3) is 0 Å². The lowest BCUT2D eigenvalue weighted by Gasteiger charge is -2.40. The van der Waals surface area contributed by atoms with Gasteiger partial charge >= 0.3 is 0 Å². The highest BCUT2D eigenvalue weighted by atomic mass is 32.2. The van der Waals surface area contributed by atoms with Gasteiger partial charge in [-0.2, -0.15) is 5.26 Å². The summed E-state index contributed by atoms with van der Waals surface area (Å²) in [5.74, 6) is -0.0545. The van der Waals surface area contributed by atoms with Gasteiger partial charge in [-0.05, 0) is 48.2 Å². The molecule has 9 N–H and O–H groups in total. The van der Waals surface area contributed by atoms with E-state index >= 15 is 0 Å². The Balaban J connectivity index is 1.69. The second-order valence-electron chi connectivity index (χ2n) is 8.63. The predicted molar refractivity (Wildman–Crippen MR) is 139 cm³/mol. The third-order valence-electron chi connectivity index (χ3n) is 5.63. The number of nitriles is 1. The molecular formula is C21H34N10OS2. The van der Waals surface area contributed by atoms with E-state index < -0.39 is 11.1 Å². The van der Waals surface area contributed by atoms with Gasteiger partial charge in [0, 0.05) is 76.8 Å². The third-order valence-corrected chi connectivity index (χ3v) is 6.43. The number of amides is 1. The van der Waals surface area contributed by atoms with Crippen LogP contribution in [0.3, 0.4) is 0 Å². The molecule has 0 saturated carbocycles. The van der Waals surface area contributed by atoms with Crippen molar-refractivity contribution < 1.29 is 4.79 Å². The first kappa shape index (κ1) is 26.6. The number of fused-ring (bicyclic) bond motifs is 12. The predicted octanol–water partition coefficient (Wildman–Crippen LogP) is -1.40. The lowest BCUT2D eigenvalue weighted by Crippen LogP contribution is -2.70. The van der Waals surface area contributed by atoms with E-state index in [0.29, 0.717) is 64.4 Å². The van der Waals surface area contributed by atoms with Crippen molar-refractivity contribution in [1.82, 2.24) is 42.5 Å². The fourth-order valence-corrected chi connectivity index (χ4v) is 4.86. The number of anilines is 1. The zero-order chi connectivity index (χ0) is 24.3. The fraction of sp³-hybridized carbons (Fsp3) is 0.571. The quantitative estimate of drug-likeness (QED) is 0.134. The number of nitrogens with one attached hydrogen (secondary N) is 9. The van der Waals surface area contributed by atoms with Crippen LogP contribution < -0.4 is 47.9 Å². The number of thioether (sulfide) groups is 1.